The summed E-state index contributed by atoms with van der Waals surface area (Å²) < 4.78 is 27.7. The van der Waals surface area contributed by atoms with E-state index in [4.69, 9.17) is 23.1 Å². The average molecular weight is 1240 g/mol. The summed E-state index contributed by atoms with van der Waals surface area (Å²) in [6.07, 6.45) is -0.981. The van der Waals surface area contributed by atoms with E-state index in [2.05, 4.69) is 47.3 Å². The molecule has 0 bridgehead atoms. The molecule has 4 aromatic rings. The number of carbonyl (C=O) groups excluding carboxylic acids is 9. The lowest BCUT2D eigenvalue weighted by molar-refractivity contribution is -0.136. The molecule has 0 saturated carbocycles. The van der Waals surface area contributed by atoms with Crippen LogP contribution in [0.3, 0.4) is 0 Å². The fraction of sp³-hybridized carbons (Fsp3) is 0.400. The molecule has 0 spiro atoms. The van der Waals surface area contributed by atoms with Gasteiger partial charge in [0.1, 0.15) is 59.8 Å². The first-order valence-electron chi connectivity index (χ1n) is 26.4. The Morgan fingerprint density at radius 3 is 1.67 bits per heavy atom. The van der Waals surface area contributed by atoms with Gasteiger partial charge in [0.05, 0.1) is 12.4 Å². The van der Waals surface area contributed by atoms with Crippen molar-refractivity contribution in [2.45, 2.75) is 106 Å². The molecule has 1 aliphatic heterocycles. The molecule has 1 heterocycles. The van der Waals surface area contributed by atoms with Crippen LogP contribution in [0, 0.1) is 0 Å². The zero-order valence-electron chi connectivity index (χ0n) is 46.1. The lowest BCUT2D eigenvalue weighted by Crippen LogP contribution is -2.62. The highest BCUT2D eigenvalue weighted by Crippen LogP contribution is 2.25. The fourth-order valence-corrected chi connectivity index (χ4v) is 11.7. The molecule has 1 saturated heterocycles. The predicted octanol–water partition coefficient (Wildman–Crippen LogP) is -0.917. The highest BCUT2D eigenvalue weighted by Gasteiger charge is 2.37. The third-order valence-electron chi connectivity index (χ3n) is 13.1. The molecule has 1 fully saturated rings. The van der Waals surface area contributed by atoms with Gasteiger partial charge in [0, 0.05) is 41.4 Å². The molecule has 16 N–H and O–H groups in total. The van der Waals surface area contributed by atoms with E-state index in [0.29, 0.717) is 46.7 Å². The van der Waals surface area contributed by atoms with Crippen LogP contribution in [-0.2, 0) is 74.1 Å². The van der Waals surface area contributed by atoms with Crippen molar-refractivity contribution in [3.63, 3.8) is 0 Å². The molecule has 5 rings (SSSR count). The second-order valence-electron chi connectivity index (χ2n) is 19.9. The SMILES string of the molecule is CNCCCC[C@@H]1NC(=O)[C@@H](Cc2ccc(C(N)=O)cc2)NC(=O)[C@H](Cc2ccc(O)cc2)NC(=O)[C@H](NC(=O)[C@H](Cc2ccc(Cl)cc2)NS(C)(=O)=O)CSSC[C@@H](C(=O)N[C@H](Cc2ccc(O)cc2)C(N)=O)NC(=O)[C@H]([C@@H](C)O)NC1=O. The number of aromatic hydroxyl groups is 2. The second-order valence-corrected chi connectivity index (χ2v) is 24.7. The van der Waals surface area contributed by atoms with Crippen molar-refractivity contribution < 1.29 is 66.9 Å². The molecule has 29 heteroatoms. The Balaban J connectivity index is 1.62. The van der Waals surface area contributed by atoms with E-state index in [1.54, 1.807) is 19.2 Å². The smallest absolute Gasteiger partial charge is 0.248 e. The number of phenolic OH excluding ortho intramolecular Hbond substituents is 2. The van der Waals surface area contributed by atoms with Crippen LogP contribution in [0.2, 0.25) is 5.02 Å². The van der Waals surface area contributed by atoms with Crippen molar-refractivity contribution in [2.24, 2.45) is 11.5 Å². The van der Waals surface area contributed by atoms with Gasteiger partial charge in [-0.15, -0.1) is 0 Å². The number of nitrogens with one attached hydrogen (secondary N) is 9. The normalized spacial score (nSPS) is 20.7. The first-order chi connectivity index (χ1) is 39.8. The number of amides is 9. The largest absolute Gasteiger partial charge is 0.508 e. The summed E-state index contributed by atoms with van der Waals surface area (Å²) in [5.41, 5.74) is 13.1. The number of aliphatic hydroxyl groups is 1. The van der Waals surface area contributed by atoms with Crippen molar-refractivity contribution in [3.8, 4) is 11.5 Å². The maximum Gasteiger partial charge on any atom is 0.248 e. The first-order valence-corrected chi connectivity index (χ1v) is 31.2. The van der Waals surface area contributed by atoms with Crippen LogP contribution in [0.15, 0.2) is 97.1 Å². The summed E-state index contributed by atoms with van der Waals surface area (Å²) in [5, 5.41) is 52.6. The van der Waals surface area contributed by atoms with Crippen LogP contribution in [0.1, 0.15) is 58.8 Å². The van der Waals surface area contributed by atoms with Gasteiger partial charge >= 0.3 is 0 Å². The van der Waals surface area contributed by atoms with E-state index in [1.807, 2.05) is 0 Å². The molecule has 0 aromatic heterocycles. The molecule has 1 aliphatic rings. The Hall–Kier alpha value is -7.47. The monoisotopic (exact) mass is 1240 g/mol. The molecule has 0 aliphatic carbocycles. The average Bonchev–Trinajstić information content (AvgIpc) is 3.60. The van der Waals surface area contributed by atoms with Crippen molar-refractivity contribution in [2.75, 3.05) is 31.4 Å². The Morgan fingerprint density at radius 2 is 1.14 bits per heavy atom. The number of benzene rings is 4. The number of carbonyl (C=O) groups is 9. The van der Waals surface area contributed by atoms with Crippen LogP contribution in [0.25, 0.3) is 0 Å². The van der Waals surface area contributed by atoms with Gasteiger partial charge in [0.15, 0.2) is 0 Å². The molecule has 454 valence electrons. The topological polar surface area (TPSA) is 409 Å². The number of nitrogens with two attached hydrogens (primary N) is 2. The van der Waals surface area contributed by atoms with Gasteiger partial charge in [-0.1, -0.05) is 81.7 Å². The first kappa shape index (κ1) is 67.3. The summed E-state index contributed by atoms with van der Waals surface area (Å²) in [5.74, 6) is -9.55. The van der Waals surface area contributed by atoms with Crippen LogP contribution >= 0.6 is 33.2 Å². The molecule has 0 unspecified atom stereocenters. The van der Waals surface area contributed by atoms with Gasteiger partial charge in [-0.25, -0.2) is 13.1 Å². The Kier molecular flexibility index (Phi) is 26.1. The van der Waals surface area contributed by atoms with Gasteiger partial charge in [-0.05, 0) is 117 Å². The van der Waals surface area contributed by atoms with Crippen LogP contribution < -0.4 is 58.7 Å². The Bertz CT molecular complexity index is 3060. The van der Waals surface area contributed by atoms with Gasteiger partial charge in [0.25, 0.3) is 0 Å². The molecule has 4 aromatic carbocycles. The van der Waals surface area contributed by atoms with Crippen molar-refractivity contribution in [1.29, 1.82) is 0 Å². The highest BCUT2D eigenvalue weighted by atomic mass is 35.5. The number of rotatable bonds is 22. The van der Waals surface area contributed by atoms with Gasteiger partial charge < -0.3 is 69.3 Å². The zero-order chi connectivity index (χ0) is 61.7. The van der Waals surface area contributed by atoms with Gasteiger partial charge in [0.2, 0.25) is 63.2 Å². The Labute approximate surface area is 498 Å². The van der Waals surface area contributed by atoms with Crippen molar-refractivity contribution in [1.82, 2.24) is 47.3 Å². The maximum atomic E-state index is 14.9. The number of sulfonamides is 1. The maximum absolute atomic E-state index is 14.9. The molecule has 9 atom stereocenters. The summed E-state index contributed by atoms with van der Waals surface area (Å²) in [7, 11) is -0.628. The quantitative estimate of drug-likeness (QED) is 0.0334. The standard InChI is InChI=1S/C55H70ClN11O14S3/c1-30(68)46-55(79)65-45(53(77)61-40(48(58)72)24-33-11-19-37(69)20-12-33)29-83-82-28-44(64-52(76)43(67-84(3,80)81)27-32-9-17-36(56)18-10-32)54(78)63-42(26-34-13-21-38(70)22-14-34)51(75)62-41(25-31-7-15-35(16-8-31)47(57)71)50(74)60-39(49(73)66-46)6-4-5-23-59-2/h7-22,30,39-46,59,67-70H,4-6,23-29H2,1-3H3,(H2,57,71)(H2,58,72)(H,60,74)(H,61,77)(H,62,75)(H,63,78)(H,64,76)(H,65,79)(H,66,73)/t30-,39+,40-,41-,42+,43+,44-,45+,46+/m1/s1. The minimum absolute atomic E-state index is 0.0390. The van der Waals surface area contributed by atoms with E-state index >= 15 is 0 Å². The van der Waals surface area contributed by atoms with Crippen LogP contribution in [0.5, 0.6) is 11.5 Å². The highest BCUT2D eigenvalue weighted by molar-refractivity contribution is 8.76. The lowest BCUT2D eigenvalue weighted by atomic mass is 10.00. The van der Waals surface area contributed by atoms with Crippen LogP contribution in [-0.4, -0.2) is 163 Å². The summed E-state index contributed by atoms with van der Waals surface area (Å²) in [6, 6.07) is 10.8. The van der Waals surface area contributed by atoms with Crippen molar-refractivity contribution >= 4 is 96.4 Å². The molecular formula is C55H70ClN11O14S3. The van der Waals surface area contributed by atoms with Crippen molar-refractivity contribution in [3.05, 3.63) is 130 Å². The van der Waals surface area contributed by atoms with E-state index in [0.717, 1.165) is 27.8 Å². The minimum atomic E-state index is -4.10. The molecule has 0 radical (unpaired) electrons. The summed E-state index contributed by atoms with van der Waals surface area (Å²) in [6.45, 7) is 1.70. The second kappa shape index (κ2) is 32.6. The predicted molar refractivity (Wildman–Crippen MR) is 316 cm³/mol. The number of hydrogen-bond acceptors (Lipinski definition) is 17. The van der Waals surface area contributed by atoms with E-state index < -0.39 is 118 Å². The molecule has 25 nitrogen and oxygen atoms in total. The Morgan fingerprint density at radius 1 is 0.655 bits per heavy atom. The minimum Gasteiger partial charge on any atom is -0.508 e. The number of primary amides is 2. The summed E-state index contributed by atoms with van der Waals surface area (Å²) >= 11 is 6.10. The number of aliphatic hydroxyl groups excluding tert-OH is 1. The van der Waals surface area contributed by atoms with E-state index in [9.17, 15) is 66.9 Å². The lowest BCUT2D eigenvalue weighted by Gasteiger charge is -2.29. The van der Waals surface area contributed by atoms with E-state index in [-0.39, 0.29) is 60.7 Å². The number of hydrogen-bond donors (Lipinski definition) is 14. The van der Waals surface area contributed by atoms with Crippen LogP contribution in [0.4, 0.5) is 0 Å². The third-order valence-corrected chi connectivity index (χ3v) is 16.5. The third kappa shape index (κ3) is 22.3. The number of halogens is 1. The van der Waals surface area contributed by atoms with E-state index in [1.165, 1.54) is 91.9 Å². The zero-order valence-corrected chi connectivity index (χ0v) is 49.3. The van der Waals surface area contributed by atoms with Gasteiger partial charge in [-0.3, -0.25) is 43.2 Å². The number of phenols is 2. The summed E-state index contributed by atoms with van der Waals surface area (Å²) in [4.78, 5) is 127. The number of unbranched alkanes of at least 4 members (excludes halogenated alkanes) is 1. The fourth-order valence-electron chi connectivity index (χ4n) is 8.52. The molecular weight excluding hydrogens is 1170 g/mol. The molecule has 9 amide bonds. The molecule has 84 heavy (non-hydrogen) atoms. The van der Waals surface area contributed by atoms with Gasteiger partial charge in [-0.2, -0.15) is 0 Å².